The van der Waals surface area contributed by atoms with E-state index in [2.05, 4.69) is 25.3 Å². The lowest BCUT2D eigenvalue weighted by Crippen LogP contribution is -2.47. The van der Waals surface area contributed by atoms with E-state index in [0.717, 1.165) is 12.4 Å². The highest BCUT2D eigenvalue weighted by Crippen LogP contribution is 2.28. The van der Waals surface area contributed by atoms with Gasteiger partial charge in [0.2, 0.25) is 5.95 Å². The second-order valence-corrected chi connectivity index (χ2v) is 5.66. The van der Waals surface area contributed by atoms with Crippen LogP contribution in [0.1, 0.15) is 5.82 Å². The van der Waals surface area contributed by atoms with Gasteiger partial charge in [-0.15, -0.1) is 15.3 Å². The average molecular weight is 368 g/mol. The zero-order valence-corrected chi connectivity index (χ0v) is 13.2. The Morgan fingerprint density at radius 3 is 2.19 bits per heavy atom. The number of fused-ring (bicyclic) bond motifs is 1. The molecule has 0 atom stereocenters. The normalized spacial score (nSPS) is 15.7. The molecular formula is C14H12F4N8. The van der Waals surface area contributed by atoms with Crippen LogP contribution in [0.5, 0.6) is 0 Å². The lowest BCUT2D eigenvalue weighted by atomic mass is 10.3. The Kier molecular flexibility index (Phi) is 3.81. The molecular weight excluding hydrogens is 356 g/mol. The van der Waals surface area contributed by atoms with Gasteiger partial charge in [-0.05, 0) is 12.1 Å². The molecule has 0 saturated carbocycles. The molecule has 0 radical (unpaired) electrons. The van der Waals surface area contributed by atoms with E-state index in [1.807, 2.05) is 9.80 Å². The summed E-state index contributed by atoms with van der Waals surface area (Å²) >= 11 is 0. The molecule has 0 amide bonds. The Morgan fingerprint density at radius 1 is 0.885 bits per heavy atom. The van der Waals surface area contributed by atoms with Crippen LogP contribution in [0.15, 0.2) is 24.5 Å². The third kappa shape index (κ3) is 2.97. The molecule has 0 N–H and O–H groups in total. The summed E-state index contributed by atoms with van der Waals surface area (Å²) in [7, 11) is 0. The van der Waals surface area contributed by atoms with Crippen LogP contribution in [0, 0.1) is 5.82 Å². The predicted molar refractivity (Wildman–Crippen MR) is 82.2 cm³/mol. The predicted octanol–water partition coefficient (Wildman–Crippen LogP) is 1.40. The molecule has 0 bridgehead atoms. The van der Waals surface area contributed by atoms with Crippen molar-refractivity contribution < 1.29 is 17.6 Å². The van der Waals surface area contributed by atoms with Crippen molar-refractivity contribution in [2.24, 2.45) is 0 Å². The maximum Gasteiger partial charge on any atom is 0.453 e. The molecule has 136 valence electrons. The Morgan fingerprint density at radius 2 is 1.54 bits per heavy atom. The number of halogens is 4. The molecule has 0 unspecified atom stereocenters. The van der Waals surface area contributed by atoms with Gasteiger partial charge in [0.15, 0.2) is 11.5 Å². The second kappa shape index (κ2) is 6.04. The van der Waals surface area contributed by atoms with E-state index >= 15 is 0 Å². The minimum Gasteiger partial charge on any atom is -0.352 e. The fourth-order valence-electron chi connectivity index (χ4n) is 2.73. The molecule has 3 aromatic heterocycles. The number of piperazine rings is 1. The van der Waals surface area contributed by atoms with Crippen molar-refractivity contribution in [3.05, 3.63) is 36.2 Å². The number of anilines is 2. The Labute approximate surface area is 144 Å². The van der Waals surface area contributed by atoms with Crippen molar-refractivity contribution in [2.45, 2.75) is 6.18 Å². The van der Waals surface area contributed by atoms with Gasteiger partial charge in [0, 0.05) is 26.2 Å². The van der Waals surface area contributed by atoms with E-state index < -0.39 is 17.8 Å². The Hall–Kier alpha value is -3.05. The fourth-order valence-corrected chi connectivity index (χ4v) is 2.73. The highest BCUT2D eigenvalue weighted by molar-refractivity contribution is 5.47. The van der Waals surface area contributed by atoms with Crippen LogP contribution < -0.4 is 9.80 Å². The second-order valence-electron chi connectivity index (χ2n) is 5.66. The molecule has 1 saturated heterocycles. The van der Waals surface area contributed by atoms with Crippen LogP contribution in [0.4, 0.5) is 29.3 Å². The van der Waals surface area contributed by atoms with Crippen LogP contribution in [0.2, 0.25) is 0 Å². The summed E-state index contributed by atoms with van der Waals surface area (Å²) in [6.45, 7) is 2.06. The van der Waals surface area contributed by atoms with Crippen LogP contribution in [0.3, 0.4) is 0 Å². The number of hydrogen-bond acceptors (Lipinski definition) is 7. The molecule has 1 fully saturated rings. The summed E-state index contributed by atoms with van der Waals surface area (Å²) in [6, 6.07) is 3.05. The highest BCUT2D eigenvalue weighted by atomic mass is 19.4. The van der Waals surface area contributed by atoms with E-state index in [0.29, 0.717) is 42.5 Å². The number of aromatic nitrogens is 6. The SMILES string of the molecule is Fc1cnc(N2CCN(c3ccc4nnc(C(F)(F)F)n4n3)CC2)nc1. The summed E-state index contributed by atoms with van der Waals surface area (Å²) in [5, 5.41) is 10.7. The molecule has 1 aliphatic rings. The molecule has 8 nitrogen and oxygen atoms in total. The molecule has 0 aliphatic carbocycles. The first-order chi connectivity index (χ1) is 12.4. The van der Waals surface area contributed by atoms with Crippen molar-refractivity contribution in [2.75, 3.05) is 36.0 Å². The van der Waals surface area contributed by atoms with Gasteiger partial charge in [0.25, 0.3) is 5.82 Å². The first kappa shape index (κ1) is 16.4. The van der Waals surface area contributed by atoms with Gasteiger partial charge in [0.05, 0.1) is 12.4 Å². The monoisotopic (exact) mass is 368 g/mol. The first-order valence-corrected chi connectivity index (χ1v) is 7.69. The summed E-state index contributed by atoms with van der Waals surface area (Å²) in [5.41, 5.74) is 0.0272. The Bertz CT molecular complexity index is 915. The minimum absolute atomic E-state index is 0.0272. The van der Waals surface area contributed by atoms with Gasteiger partial charge in [-0.1, -0.05) is 0 Å². The van der Waals surface area contributed by atoms with Crippen LogP contribution >= 0.6 is 0 Å². The molecule has 3 aromatic rings. The molecule has 0 aromatic carbocycles. The maximum atomic E-state index is 13.0. The summed E-state index contributed by atoms with van der Waals surface area (Å²) < 4.78 is 52.5. The highest BCUT2D eigenvalue weighted by Gasteiger charge is 2.37. The van der Waals surface area contributed by atoms with E-state index in [4.69, 9.17) is 0 Å². The molecule has 4 heterocycles. The van der Waals surface area contributed by atoms with Crippen molar-refractivity contribution in [3.8, 4) is 0 Å². The standard InChI is InChI=1S/C14H12F4N8/c15-9-7-19-13(20-8-9)25-5-3-24(4-6-25)11-2-1-10-21-22-12(14(16,17)18)26(10)23-11/h1-2,7-8H,3-6H2. The largest absolute Gasteiger partial charge is 0.453 e. The lowest BCUT2D eigenvalue weighted by molar-refractivity contribution is -0.146. The van der Waals surface area contributed by atoms with Crippen molar-refractivity contribution >= 4 is 17.4 Å². The van der Waals surface area contributed by atoms with E-state index in [9.17, 15) is 17.6 Å². The van der Waals surface area contributed by atoms with Crippen LogP contribution in [0.25, 0.3) is 5.65 Å². The third-order valence-corrected chi connectivity index (χ3v) is 4.00. The maximum absolute atomic E-state index is 13.0. The fraction of sp³-hybridized carbons (Fsp3) is 0.357. The number of hydrogen-bond donors (Lipinski definition) is 0. The lowest BCUT2D eigenvalue weighted by Gasteiger charge is -2.35. The van der Waals surface area contributed by atoms with Crippen molar-refractivity contribution in [1.82, 2.24) is 29.8 Å². The quantitative estimate of drug-likeness (QED) is 0.633. The molecule has 0 spiro atoms. The summed E-state index contributed by atoms with van der Waals surface area (Å²) in [6.07, 6.45) is -2.45. The van der Waals surface area contributed by atoms with Gasteiger partial charge >= 0.3 is 6.18 Å². The van der Waals surface area contributed by atoms with Crippen LogP contribution in [-0.4, -0.2) is 56.0 Å². The number of rotatable bonds is 2. The van der Waals surface area contributed by atoms with Gasteiger partial charge < -0.3 is 9.80 Å². The summed E-state index contributed by atoms with van der Waals surface area (Å²) in [4.78, 5) is 11.6. The van der Waals surface area contributed by atoms with Crippen molar-refractivity contribution in [1.29, 1.82) is 0 Å². The molecule has 26 heavy (non-hydrogen) atoms. The van der Waals surface area contributed by atoms with E-state index in [1.165, 1.54) is 6.07 Å². The zero-order valence-electron chi connectivity index (χ0n) is 13.2. The van der Waals surface area contributed by atoms with Gasteiger partial charge in [-0.3, -0.25) is 0 Å². The van der Waals surface area contributed by atoms with Gasteiger partial charge in [-0.25, -0.2) is 14.4 Å². The first-order valence-electron chi connectivity index (χ1n) is 7.69. The van der Waals surface area contributed by atoms with E-state index in [-0.39, 0.29) is 5.65 Å². The van der Waals surface area contributed by atoms with Crippen LogP contribution in [-0.2, 0) is 6.18 Å². The smallest absolute Gasteiger partial charge is 0.352 e. The van der Waals surface area contributed by atoms with Gasteiger partial charge in [-0.2, -0.15) is 17.7 Å². The van der Waals surface area contributed by atoms with E-state index in [1.54, 1.807) is 6.07 Å². The topological polar surface area (TPSA) is 75.3 Å². The number of alkyl halides is 3. The average Bonchev–Trinajstić information content (AvgIpc) is 3.06. The molecule has 12 heteroatoms. The molecule has 4 rings (SSSR count). The van der Waals surface area contributed by atoms with Gasteiger partial charge in [0.1, 0.15) is 5.82 Å². The number of nitrogens with zero attached hydrogens (tertiary/aromatic N) is 8. The molecule has 1 aliphatic heterocycles. The minimum atomic E-state index is -4.64. The van der Waals surface area contributed by atoms with Crippen molar-refractivity contribution in [3.63, 3.8) is 0 Å². The Balaban J connectivity index is 1.53. The summed E-state index contributed by atoms with van der Waals surface area (Å²) in [5.74, 6) is -0.873. The zero-order chi connectivity index (χ0) is 18.3. The third-order valence-electron chi connectivity index (χ3n) is 4.00.